The second-order valence-electron chi connectivity index (χ2n) is 7.98. The van der Waals surface area contributed by atoms with Gasteiger partial charge in [-0.3, -0.25) is 4.79 Å². The number of amides is 2. The number of nitrogens with two attached hydrogens (primary N) is 1. The number of nitrogens with zero attached hydrogens (tertiary/aromatic N) is 1. The molecule has 11 heteroatoms. The molecule has 3 aromatic rings. The quantitative estimate of drug-likeness (QED) is 0.483. The van der Waals surface area contributed by atoms with Gasteiger partial charge in [0.2, 0.25) is 15.9 Å². The minimum Gasteiger partial charge on any atom is -0.422 e. The third-order valence-electron chi connectivity index (χ3n) is 5.17. The molecule has 0 radical (unpaired) electrons. The van der Waals surface area contributed by atoms with Crippen LogP contribution in [-0.2, 0) is 21.2 Å². The monoisotopic (exact) mass is 487 g/mol. The molecule has 0 unspecified atom stereocenters. The molecule has 1 heterocycles. The fraction of sp³-hybridized carbons (Fsp3) is 0.261. The number of hydrogen-bond acceptors (Lipinski definition) is 7. The van der Waals surface area contributed by atoms with Crippen LogP contribution in [-0.4, -0.2) is 46.0 Å². The SMILES string of the molecule is Cc1cc2c(C)c(Cc3cccc(S(=O)(=O)NCC(N)=O)c3)c(=O)oc2cc1OC(=O)N(C)C. The number of benzene rings is 2. The second kappa shape index (κ2) is 9.65. The van der Waals surface area contributed by atoms with E-state index in [9.17, 15) is 22.8 Å². The summed E-state index contributed by atoms with van der Waals surface area (Å²) in [4.78, 5) is 36.8. The molecule has 10 nitrogen and oxygen atoms in total. The first-order valence-electron chi connectivity index (χ1n) is 10.2. The molecule has 2 aromatic carbocycles. The average molecular weight is 488 g/mol. The van der Waals surface area contributed by atoms with Crippen LogP contribution in [0.1, 0.15) is 22.3 Å². The zero-order valence-electron chi connectivity index (χ0n) is 19.2. The van der Waals surface area contributed by atoms with Gasteiger partial charge in [-0.2, -0.15) is 0 Å². The molecule has 0 atom stereocenters. The number of sulfonamides is 1. The van der Waals surface area contributed by atoms with Crippen molar-refractivity contribution in [2.75, 3.05) is 20.6 Å². The van der Waals surface area contributed by atoms with Crippen LogP contribution >= 0.6 is 0 Å². The van der Waals surface area contributed by atoms with Gasteiger partial charge < -0.3 is 19.8 Å². The number of ether oxygens (including phenoxy) is 1. The Kier molecular flexibility index (Phi) is 7.08. The van der Waals surface area contributed by atoms with Crippen molar-refractivity contribution in [2.24, 2.45) is 5.73 Å². The zero-order valence-corrected chi connectivity index (χ0v) is 20.0. The molecular weight excluding hydrogens is 462 g/mol. The summed E-state index contributed by atoms with van der Waals surface area (Å²) >= 11 is 0. The van der Waals surface area contributed by atoms with E-state index in [2.05, 4.69) is 4.72 Å². The first-order chi connectivity index (χ1) is 15.9. The number of primary amides is 1. The number of carbonyl (C=O) groups excluding carboxylic acids is 2. The van der Waals surface area contributed by atoms with Crippen molar-refractivity contribution in [2.45, 2.75) is 25.2 Å². The molecule has 0 aliphatic rings. The van der Waals surface area contributed by atoms with Crippen molar-refractivity contribution in [3.63, 3.8) is 0 Å². The zero-order chi connectivity index (χ0) is 25.2. The van der Waals surface area contributed by atoms with Crippen LogP contribution in [0, 0.1) is 13.8 Å². The Morgan fingerprint density at radius 1 is 1.15 bits per heavy atom. The fourth-order valence-corrected chi connectivity index (χ4v) is 4.36. The molecule has 34 heavy (non-hydrogen) atoms. The maximum Gasteiger partial charge on any atom is 0.414 e. The van der Waals surface area contributed by atoms with Gasteiger partial charge in [0.15, 0.2) is 0 Å². The number of hydrogen-bond donors (Lipinski definition) is 2. The van der Waals surface area contributed by atoms with Crippen molar-refractivity contribution < 1.29 is 27.2 Å². The highest BCUT2D eigenvalue weighted by atomic mass is 32.2. The maximum absolute atomic E-state index is 12.8. The van der Waals surface area contributed by atoms with E-state index in [1.807, 2.05) is 0 Å². The Balaban J connectivity index is 1.98. The molecule has 0 saturated carbocycles. The number of nitrogens with one attached hydrogen (secondary N) is 1. The van der Waals surface area contributed by atoms with E-state index in [-0.39, 0.29) is 22.6 Å². The van der Waals surface area contributed by atoms with Crippen LogP contribution in [0.2, 0.25) is 0 Å². The highest BCUT2D eigenvalue weighted by molar-refractivity contribution is 7.89. The molecule has 0 saturated heterocycles. The summed E-state index contributed by atoms with van der Waals surface area (Å²) in [6.07, 6.45) is -0.432. The highest BCUT2D eigenvalue weighted by Crippen LogP contribution is 2.29. The van der Waals surface area contributed by atoms with E-state index < -0.39 is 34.2 Å². The third kappa shape index (κ3) is 5.43. The van der Waals surface area contributed by atoms with Gasteiger partial charge >= 0.3 is 11.7 Å². The Labute approximate surface area is 196 Å². The Morgan fingerprint density at radius 3 is 2.50 bits per heavy atom. The second-order valence-corrected chi connectivity index (χ2v) is 9.75. The van der Waals surface area contributed by atoms with E-state index in [0.29, 0.717) is 27.6 Å². The molecule has 2 amide bonds. The van der Waals surface area contributed by atoms with E-state index in [1.165, 1.54) is 23.1 Å². The van der Waals surface area contributed by atoms with E-state index in [1.54, 1.807) is 46.1 Å². The van der Waals surface area contributed by atoms with Gasteiger partial charge in [0, 0.05) is 37.5 Å². The lowest BCUT2D eigenvalue weighted by Gasteiger charge is -2.14. The molecule has 0 fully saturated rings. The minimum atomic E-state index is -3.95. The smallest absolute Gasteiger partial charge is 0.414 e. The molecule has 0 spiro atoms. The van der Waals surface area contributed by atoms with Gasteiger partial charge in [-0.25, -0.2) is 22.7 Å². The number of carbonyl (C=O) groups is 2. The largest absolute Gasteiger partial charge is 0.422 e. The van der Waals surface area contributed by atoms with Crippen molar-refractivity contribution in [3.8, 4) is 5.75 Å². The molecule has 1 aromatic heterocycles. The molecule has 3 rings (SSSR count). The van der Waals surface area contributed by atoms with Gasteiger partial charge in [0.1, 0.15) is 11.3 Å². The molecule has 0 aliphatic carbocycles. The Bertz CT molecular complexity index is 1440. The van der Waals surface area contributed by atoms with Crippen LogP contribution in [0.25, 0.3) is 11.0 Å². The topological polar surface area (TPSA) is 149 Å². The minimum absolute atomic E-state index is 0.0581. The Hall–Kier alpha value is -3.70. The van der Waals surface area contributed by atoms with Crippen molar-refractivity contribution in [1.29, 1.82) is 0 Å². The Morgan fingerprint density at radius 2 is 1.85 bits per heavy atom. The molecule has 0 aliphatic heterocycles. The lowest BCUT2D eigenvalue weighted by atomic mass is 9.98. The summed E-state index contributed by atoms with van der Waals surface area (Å²) in [7, 11) is -0.831. The van der Waals surface area contributed by atoms with Crippen molar-refractivity contribution >= 4 is 33.0 Å². The number of rotatable bonds is 7. The van der Waals surface area contributed by atoms with Crippen LogP contribution in [0.4, 0.5) is 4.79 Å². The van der Waals surface area contributed by atoms with Crippen LogP contribution < -0.4 is 20.8 Å². The summed E-state index contributed by atoms with van der Waals surface area (Å²) in [6, 6.07) is 9.29. The number of aryl methyl sites for hydroxylation is 2. The van der Waals surface area contributed by atoms with Gasteiger partial charge in [0.05, 0.1) is 11.4 Å². The summed E-state index contributed by atoms with van der Waals surface area (Å²) in [5, 5.41) is 0.670. The van der Waals surface area contributed by atoms with E-state index >= 15 is 0 Å². The van der Waals surface area contributed by atoms with Crippen molar-refractivity contribution in [3.05, 3.63) is 69.1 Å². The molecule has 3 N–H and O–H groups in total. The molecule has 0 bridgehead atoms. The fourth-order valence-electron chi connectivity index (χ4n) is 3.30. The maximum atomic E-state index is 12.8. The molecule has 180 valence electrons. The summed E-state index contributed by atoms with van der Waals surface area (Å²) in [5.74, 6) is -0.526. The van der Waals surface area contributed by atoms with Gasteiger partial charge in [-0.1, -0.05) is 12.1 Å². The lowest BCUT2D eigenvalue weighted by molar-refractivity contribution is -0.116. The lowest BCUT2D eigenvalue weighted by Crippen LogP contribution is -2.33. The van der Waals surface area contributed by atoms with Gasteiger partial charge in [-0.05, 0) is 48.7 Å². The van der Waals surface area contributed by atoms with Gasteiger partial charge in [0.25, 0.3) is 0 Å². The summed E-state index contributed by atoms with van der Waals surface area (Å²) in [6.45, 7) is 3.02. The van der Waals surface area contributed by atoms with E-state index in [4.69, 9.17) is 14.9 Å². The first kappa shape index (κ1) is 24.9. The normalized spacial score (nSPS) is 11.4. The standard InChI is InChI=1S/C23H25N3O7S/c1-13-8-17-14(2)18(22(28)32-20(17)11-19(13)33-23(29)26(3)4)10-15-6-5-7-16(9-15)34(30,31)25-12-21(24)27/h5-9,11,25H,10,12H2,1-4H3,(H2,24,27). The average Bonchev–Trinajstić information content (AvgIpc) is 2.76. The summed E-state index contributed by atoms with van der Waals surface area (Å²) < 4.78 is 37.8. The molecular formula is C23H25N3O7S. The van der Waals surface area contributed by atoms with Gasteiger partial charge in [-0.15, -0.1) is 0 Å². The van der Waals surface area contributed by atoms with Crippen molar-refractivity contribution in [1.82, 2.24) is 9.62 Å². The number of fused-ring (bicyclic) bond motifs is 1. The predicted molar refractivity (Wildman–Crippen MR) is 125 cm³/mol. The van der Waals surface area contributed by atoms with Crippen LogP contribution in [0.15, 0.2) is 50.5 Å². The van der Waals surface area contributed by atoms with E-state index in [0.717, 1.165) is 0 Å². The summed E-state index contributed by atoms with van der Waals surface area (Å²) in [5.41, 5.74) is 6.96. The third-order valence-corrected chi connectivity index (χ3v) is 6.57. The highest BCUT2D eigenvalue weighted by Gasteiger charge is 2.18. The predicted octanol–water partition coefficient (Wildman–Crippen LogP) is 1.82. The first-order valence-corrected chi connectivity index (χ1v) is 11.7. The van der Waals surface area contributed by atoms with Crippen LogP contribution in [0.5, 0.6) is 5.75 Å². The van der Waals surface area contributed by atoms with Crippen LogP contribution in [0.3, 0.4) is 0 Å².